The highest BCUT2D eigenvalue weighted by atomic mass is 32.2. The van der Waals surface area contributed by atoms with Crippen LogP contribution in [0, 0.1) is 5.92 Å². The lowest BCUT2D eigenvalue weighted by molar-refractivity contribution is -0.119. The largest absolute Gasteiger partial charge is 0.325 e. The van der Waals surface area contributed by atoms with Gasteiger partial charge in [-0.1, -0.05) is 23.9 Å². The van der Waals surface area contributed by atoms with Crippen molar-refractivity contribution in [3.05, 3.63) is 46.9 Å². The van der Waals surface area contributed by atoms with E-state index in [2.05, 4.69) is 22.9 Å². The second-order valence-electron chi connectivity index (χ2n) is 4.69. The van der Waals surface area contributed by atoms with E-state index < -0.39 is 0 Å². The molecule has 0 saturated carbocycles. The predicted molar refractivity (Wildman–Crippen MR) is 85.0 cm³/mol. The molecule has 1 unspecified atom stereocenters. The molecule has 3 rings (SSSR count). The Bertz CT molecular complexity index is 745. The molecule has 1 N–H and O–H groups in total. The van der Waals surface area contributed by atoms with Gasteiger partial charge in [0, 0.05) is 29.5 Å². The number of para-hydroxylation sites is 1. The summed E-state index contributed by atoms with van der Waals surface area (Å²) in [7, 11) is 0. The van der Waals surface area contributed by atoms with Crippen LogP contribution in [0.25, 0.3) is 0 Å². The monoisotopic (exact) mass is 319 g/mol. The van der Waals surface area contributed by atoms with Crippen LogP contribution < -0.4 is 10.9 Å². The van der Waals surface area contributed by atoms with Crippen LogP contribution in [-0.4, -0.2) is 21.2 Å². The number of carbonyl (C=O) groups excluding carboxylic acids is 1. The molecule has 1 aliphatic rings. The van der Waals surface area contributed by atoms with E-state index in [0.29, 0.717) is 28.0 Å². The summed E-state index contributed by atoms with van der Waals surface area (Å²) in [6.07, 6.45) is 1.50. The molecule has 1 aromatic heterocycles. The summed E-state index contributed by atoms with van der Waals surface area (Å²) in [5.41, 5.74) is 0.555. The van der Waals surface area contributed by atoms with Crippen molar-refractivity contribution < 1.29 is 4.79 Å². The maximum Gasteiger partial charge on any atom is 0.254 e. The number of thioether (sulfide) groups is 1. The summed E-state index contributed by atoms with van der Waals surface area (Å²) in [5.74, 6) is 0.236. The Balaban J connectivity index is 1.77. The average molecular weight is 319 g/mol. The zero-order valence-corrected chi connectivity index (χ0v) is 12.7. The molecule has 0 saturated heterocycles. The Morgan fingerprint density at radius 2 is 2.19 bits per heavy atom. The van der Waals surface area contributed by atoms with Crippen molar-refractivity contribution in [2.75, 3.05) is 11.1 Å². The third kappa shape index (κ3) is 2.98. The third-order valence-electron chi connectivity index (χ3n) is 3.25. The normalized spacial score (nSPS) is 17.1. The molecule has 2 aromatic rings. The summed E-state index contributed by atoms with van der Waals surface area (Å²) >= 11 is 5.74. The smallest absolute Gasteiger partial charge is 0.254 e. The summed E-state index contributed by atoms with van der Waals surface area (Å²) in [6, 6.07) is 8.73. The van der Waals surface area contributed by atoms with Crippen LogP contribution in [0.2, 0.25) is 0 Å². The highest BCUT2D eigenvalue weighted by Crippen LogP contribution is 2.26. The first-order valence-corrected chi connectivity index (χ1v) is 7.86. The molecule has 0 fully saturated rings. The molecule has 1 atom stereocenters. The minimum Gasteiger partial charge on any atom is -0.325 e. The van der Waals surface area contributed by atoms with E-state index in [1.165, 1.54) is 24.0 Å². The first kappa shape index (κ1) is 14.2. The molecule has 108 valence electrons. The molecular formula is C14H13N3O2S2. The topological polar surface area (TPSA) is 64.0 Å². The molecule has 7 heteroatoms. The molecule has 1 aliphatic heterocycles. The highest BCUT2D eigenvalue weighted by Gasteiger charge is 2.26. The highest BCUT2D eigenvalue weighted by molar-refractivity contribution is 7.99. The SMILES string of the molecule is O=C(Nc1ccccc1S)C1CSc2nccc(=O)n2C1. The number of aromatic nitrogens is 2. The van der Waals surface area contributed by atoms with Gasteiger partial charge in [0.2, 0.25) is 5.91 Å². The van der Waals surface area contributed by atoms with Crippen LogP contribution in [0.4, 0.5) is 5.69 Å². The van der Waals surface area contributed by atoms with Crippen LogP contribution in [0.1, 0.15) is 0 Å². The van der Waals surface area contributed by atoms with Crippen molar-refractivity contribution >= 4 is 36.0 Å². The lowest BCUT2D eigenvalue weighted by Crippen LogP contribution is -2.36. The van der Waals surface area contributed by atoms with Gasteiger partial charge in [-0.2, -0.15) is 0 Å². The lowest BCUT2D eigenvalue weighted by atomic mass is 10.1. The average Bonchev–Trinajstić information content (AvgIpc) is 2.50. The molecule has 0 spiro atoms. The predicted octanol–water partition coefficient (Wildman–Crippen LogP) is 1.89. The molecule has 5 nitrogen and oxygen atoms in total. The zero-order valence-electron chi connectivity index (χ0n) is 11.0. The minimum absolute atomic E-state index is 0.106. The fourth-order valence-corrected chi connectivity index (χ4v) is 3.40. The summed E-state index contributed by atoms with van der Waals surface area (Å²) in [6.45, 7) is 0.357. The van der Waals surface area contributed by atoms with E-state index in [9.17, 15) is 9.59 Å². The number of fused-ring (bicyclic) bond motifs is 1. The van der Waals surface area contributed by atoms with Gasteiger partial charge in [0.05, 0.1) is 11.6 Å². The number of amides is 1. The van der Waals surface area contributed by atoms with E-state index in [1.807, 2.05) is 18.2 Å². The Morgan fingerprint density at radius 1 is 1.38 bits per heavy atom. The first-order valence-electron chi connectivity index (χ1n) is 6.42. The molecular weight excluding hydrogens is 306 g/mol. The summed E-state index contributed by atoms with van der Waals surface area (Å²) < 4.78 is 1.55. The van der Waals surface area contributed by atoms with E-state index in [0.717, 1.165) is 0 Å². The van der Waals surface area contributed by atoms with Crippen molar-refractivity contribution in [3.8, 4) is 0 Å². The van der Waals surface area contributed by atoms with Crippen LogP contribution in [0.5, 0.6) is 0 Å². The second-order valence-corrected chi connectivity index (χ2v) is 6.16. The van der Waals surface area contributed by atoms with E-state index >= 15 is 0 Å². The molecule has 0 bridgehead atoms. The number of benzene rings is 1. The standard InChI is InChI=1S/C14H13N3O2S2/c18-12-5-6-15-14-17(12)7-9(8-21-14)13(19)16-10-3-1-2-4-11(10)20/h1-6,9,20H,7-8H2,(H,16,19). The van der Waals surface area contributed by atoms with Gasteiger partial charge >= 0.3 is 0 Å². The molecule has 1 amide bonds. The summed E-state index contributed by atoms with van der Waals surface area (Å²) in [4.78, 5) is 29.0. The van der Waals surface area contributed by atoms with Crippen LogP contribution >= 0.6 is 24.4 Å². The number of hydrogen-bond donors (Lipinski definition) is 2. The van der Waals surface area contributed by atoms with E-state index in [-0.39, 0.29) is 17.4 Å². The number of hydrogen-bond acceptors (Lipinski definition) is 5. The van der Waals surface area contributed by atoms with Gasteiger partial charge in [0.15, 0.2) is 5.16 Å². The fraction of sp³-hybridized carbons (Fsp3) is 0.214. The number of anilines is 1. The van der Waals surface area contributed by atoms with Gasteiger partial charge in [-0.15, -0.1) is 12.6 Å². The number of thiol groups is 1. The van der Waals surface area contributed by atoms with Crippen LogP contribution in [-0.2, 0) is 11.3 Å². The lowest BCUT2D eigenvalue weighted by Gasteiger charge is -2.24. The maximum atomic E-state index is 12.3. The van der Waals surface area contributed by atoms with Crippen molar-refractivity contribution in [3.63, 3.8) is 0 Å². The van der Waals surface area contributed by atoms with Crippen LogP contribution in [0.3, 0.4) is 0 Å². The maximum absolute atomic E-state index is 12.3. The third-order valence-corrected chi connectivity index (χ3v) is 4.79. The quantitative estimate of drug-likeness (QED) is 0.655. The molecule has 0 aliphatic carbocycles. The van der Waals surface area contributed by atoms with E-state index in [1.54, 1.807) is 10.6 Å². The number of nitrogens with zero attached hydrogens (tertiary/aromatic N) is 2. The molecule has 1 aromatic carbocycles. The van der Waals surface area contributed by atoms with Gasteiger partial charge < -0.3 is 5.32 Å². The Hall–Kier alpha value is -1.73. The van der Waals surface area contributed by atoms with Crippen molar-refractivity contribution in [1.29, 1.82) is 0 Å². The first-order chi connectivity index (χ1) is 10.1. The van der Waals surface area contributed by atoms with Crippen molar-refractivity contribution in [2.24, 2.45) is 5.92 Å². The Labute approximate surface area is 131 Å². The Kier molecular flexibility index (Phi) is 4.03. The number of nitrogens with one attached hydrogen (secondary N) is 1. The second kappa shape index (κ2) is 5.95. The van der Waals surface area contributed by atoms with Gasteiger partial charge in [-0.3, -0.25) is 14.2 Å². The molecule has 0 radical (unpaired) electrons. The van der Waals surface area contributed by atoms with Crippen molar-refractivity contribution in [2.45, 2.75) is 16.6 Å². The number of carbonyl (C=O) groups is 1. The molecule has 21 heavy (non-hydrogen) atoms. The van der Waals surface area contributed by atoms with Crippen LogP contribution in [0.15, 0.2) is 51.4 Å². The number of rotatable bonds is 2. The van der Waals surface area contributed by atoms with Crippen molar-refractivity contribution in [1.82, 2.24) is 9.55 Å². The zero-order chi connectivity index (χ0) is 14.8. The van der Waals surface area contributed by atoms with Gasteiger partial charge in [-0.05, 0) is 12.1 Å². The van der Waals surface area contributed by atoms with Gasteiger partial charge in [-0.25, -0.2) is 4.98 Å². The van der Waals surface area contributed by atoms with Gasteiger partial charge in [0.25, 0.3) is 5.56 Å². The minimum atomic E-state index is -0.266. The summed E-state index contributed by atoms with van der Waals surface area (Å²) in [5, 5.41) is 3.53. The molecule has 2 heterocycles. The fourth-order valence-electron chi connectivity index (χ4n) is 2.12. The van der Waals surface area contributed by atoms with E-state index in [4.69, 9.17) is 0 Å². The Morgan fingerprint density at radius 3 is 3.00 bits per heavy atom. The van der Waals surface area contributed by atoms with Gasteiger partial charge in [0.1, 0.15) is 0 Å².